The van der Waals surface area contributed by atoms with E-state index in [1.165, 1.54) is 29.5 Å². The number of benzene rings is 2. The summed E-state index contributed by atoms with van der Waals surface area (Å²) in [7, 11) is 0. The molecule has 2 aliphatic heterocycles. The lowest BCUT2D eigenvalue weighted by Gasteiger charge is -2.44. The van der Waals surface area contributed by atoms with E-state index < -0.39 is 0 Å². The number of thioether (sulfide) groups is 1. The fourth-order valence-corrected chi connectivity index (χ4v) is 7.63. The van der Waals surface area contributed by atoms with Crippen LogP contribution in [0.5, 0.6) is 0 Å². The Labute approximate surface area is 244 Å². The number of hydrogen-bond acceptors (Lipinski definition) is 5. The smallest absolute Gasteiger partial charge is 0.260 e. The lowest BCUT2D eigenvalue weighted by molar-refractivity contribution is -0.130. The predicted octanol–water partition coefficient (Wildman–Crippen LogP) is 5.10. The summed E-state index contributed by atoms with van der Waals surface area (Å²) in [6.45, 7) is 14.1. The van der Waals surface area contributed by atoms with Gasteiger partial charge in [-0.1, -0.05) is 55.7 Å². The zero-order valence-corrected chi connectivity index (χ0v) is 25.1. The molecule has 6 nitrogen and oxygen atoms in total. The first-order valence-electron chi connectivity index (χ1n) is 15.0. The molecule has 0 bridgehead atoms. The number of carbonyl (C=O) groups excluding carboxylic acids is 2. The highest BCUT2D eigenvalue weighted by Crippen LogP contribution is 2.43. The van der Waals surface area contributed by atoms with Crippen molar-refractivity contribution in [2.75, 3.05) is 45.8 Å². The lowest BCUT2D eigenvalue weighted by atomic mass is 9.92. The van der Waals surface area contributed by atoms with Crippen LogP contribution in [0, 0.1) is 13.8 Å². The number of amides is 2. The number of fused-ring (bicyclic) bond motifs is 1. The van der Waals surface area contributed by atoms with Gasteiger partial charge in [0.05, 0.1) is 4.91 Å². The molecule has 40 heavy (non-hydrogen) atoms. The minimum Gasteiger partial charge on any atom is -0.351 e. The van der Waals surface area contributed by atoms with Crippen LogP contribution in [-0.4, -0.2) is 83.6 Å². The highest BCUT2D eigenvalue weighted by molar-refractivity contribution is 8.04. The molecule has 5 rings (SSSR count). The van der Waals surface area contributed by atoms with Crippen LogP contribution in [0.15, 0.2) is 47.4 Å². The molecule has 1 N–H and O–H groups in total. The van der Waals surface area contributed by atoms with Crippen molar-refractivity contribution >= 4 is 29.7 Å². The van der Waals surface area contributed by atoms with Gasteiger partial charge in [-0.05, 0) is 68.1 Å². The number of hydrogen-bond donors (Lipinski definition) is 1. The number of aryl methyl sites for hydroxylation is 2. The summed E-state index contributed by atoms with van der Waals surface area (Å²) in [5.41, 5.74) is 5.32. The first kappa shape index (κ1) is 28.9. The Hall–Kier alpha value is -2.61. The maximum absolute atomic E-state index is 13.8. The van der Waals surface area contributed by atoms with Crippen molar-refractivity contribution in [2.45, 2.75) is 64.3 Å². The molecule has 3 aliphatic rings. The van der Waals surface area contributed by atoms with E-state index in [4.69, 9.17) is 0 Å². The average Bonchev–Trinajstić information content (AvgIpc) is 2.97. The largest absolute Gasteiger partial charge is 0.351 e. The first-order chi connectivity index (χ1) is 19.4. The zero-order chi connectivity index (χ0) is 28.1. The Morgan fingerprint density at radius 1 is 1.00 bits per heavy atom. The van der Waals surface area contributed by atoms with Gasteiger partial charge in [-0.3, -0.25) is 14.5 Å². The van der Waals surface area contributed by atoms with Gasteiger partial charge in [0.1, 0.15) is 0 Å². The summed E-state index contributed by atoms with van der Waals surface area (Å²) in [6, 6.07) is 14.5. The van der Waals surface area contributed by atoms with Gasteiger partial charge in [0.15, 0.2) is 0 Å². The highest BCUT2D eigenvalue weighted by atomic mass is 32.2. The molecule has 2 atom stereocenters. The number of carbonyl (C=O) groups is 2. The third kappa shape index (κ3) is 6.99. The molecule has 7 heteroatoms. The van der Waals surface area contributed by atoms with Crippen molar-refractivity contribution in [2.24, 2.45) is 0 Å². The summed E-state index contributed by atoms with van der Waals surface area (Å²) in [5.74, 6) is 0.0925. The van der Waals surface area contributed by atoms with Crippen LogP contribution in [0.1, 0.15) is 65.2 Å². The summed E-state index contributed by atoms with van der Waals surface area (Å²) in [4.78, 5) is 34.4. The molecule has 0 radical (unpaired) electrons. The lowest BCUT2D eigenvalue weighted by Crippen LogP contribution is -2.50. The van der Waals surface area contributed by atoms with Gasteiger partial charge < -0.3 is 15.1 Å². The maximum atomic E-state index is 13.8. The van der Waals surface area contributed by atoms with Gasteiger partial charge >= 0.3 is 0 Å². The van der Waals surface area contributed by atoms with Crippen LogP contribution in [0.25, 0.3) is 6.08 Å². The second-order valence-corrected chi connectivity index (χ2v) is 12.8. The summed E-state index contributed by atoms with van der Waals surface area (Å²) in [5, 5.41) is 3.52. The van der Waals surface area contributed by atoms with Gasteiger partial charge in [-0.25, -0.2) is 0 Å². The normalized spacial score (nSPS) is 23.3. The zero-order valence-electron chi connectivity index (χ0n) is 24.3. The van der Waals surface area contributed by atoms with Gasteiger partial charge in [0.2, 0.25) is 0 Å². The molecule has 1 aliphatic carbocycles. The first-order valence-corrected chi connectivity index (χ1v) is 15.9. The predicted molar refractivity (Wildman–Crippen MR) is 165 cm³/mol. The second-order valence-electron chi connectivity index (χ2n) is 11.5. The van der Waals surface area contributed by atoms with Crippen molar-refractivity contribution in [3.63, 3.8) is 0 Å². The number of likely N-dealkylation sites (N-methyl/N-ethyl adjacent to an activating group) is 1. The number of nitrogens with one attached hydrogen (secondary N) is 1. The van der Waals surface area contributed by atoms with E-state index in [0.717, 1.165) is 62.6 Å². The Balaban J connectivity index is 1.22. The van der Waals surface area contributed by atoms with E-state index >= 15 is 0 Å². The molecule has 2 saturated heterocycles. The van der Waals surface area contributed by atoms with Crippen LogP contribution >= 0.6 is 11.8 Å². The molecular weight excluding hydrogens is 516 g/mol. The van der Waals surface area contributed by atoms with Gasteiger partial charge in [-0.2, -0.15) is 0 Å². The minimum absolute atomic E-state index is 0.0424. The molecule has 2 unspecified atom stereocenters. The molecule has 2 amide bonds. The van der Waals surface area contributed by atoms with Gasteiger partial charge in [0, 0.05) is 62.7 Å². The molecule has 214 valence electrons. The fraction of sp³-hybridized carbons (Fsp3) is 0.515. The summed E-state index contributed by atoms with van der Waals surface area (Å²) in [6.07, 6.45) is 6.67. The topological polar surface area (TPSA) is 55.9 Å². The number of rotatable bonds is 8. The molecule has 2 aromatic carbocycles. The van der Waals surface area contributed by atoms with E-state index in [2.05, 4.69) is 59.0 Å². The van der Waals surface area contributed by atoms with Crippen LogP contribution in [-0.2, 0) is 11.3 Å². The van der Waals surface area contributed by atoms with Crippen LogP contribution in [0.4, 0.5) is 0 Å². The van der Waals surface area contributed by atoms with E-state index in [1.807, 2.05) is 30.3 Å². The average molecular weight is 561 g/mol. The van der Waals surface area contributed by atoms with E-state index in [9.17, 15) is 9.59 Å². The van der Waals surface area contributed by atoms with Crippen molar-refractivity contribution in [3.8, 4) is 0 Å². The van der Waals surface area contributed by atoms with Gasteiger partial charge in [0.25, 0.3) is 11.8 Å². The number of piperazine rings is 1. The summed E-state index contributed by atoms with van der Waals surface area (Å²) >= 11 is 1.76. The minimum atomic E-state index is -0.0424. The van der Waals surface area contributed by atoms with Crippen molar-refractivity contribution in [3.05, 3.63) is 75.2 Å². The van der Waals surface area contributed by atoms with Crippen LogP contribution < -0.4 is 5.32 Å². The fourth-order valence-electron chi connectivity index (χ4n) is 6.16. The van der Waals surface area contributed by atoms with Crippen molar-refractivity contribution < 1.29 is 9.59 Å². The van der Waals surface area contributed by atoms with Crippen molar-refractivity contribution in [1.82, 2.24) is 20.0 Å². The molecule has 2 heterocycles. The second kappa shape index (κ2) is 13.4. The Morgan fingerprint density at radius 3 is 2.48 bits per heavy atom. The SMILES string of the molecule is CCN1CCN(CCNC(=O)c2ccc(/C=C3/SC4CCCCC4N(Cc4cc(C)ccc4C)C3=O)cc2)CC1. The Bertz CT molecular complexity index is 1220. The quantitative estimate of drug-likeness (QED) is 0.456. The molecule has 2 aromatic rings. The summed E-state index contributed by atoms with van der Waals surface area (Å²) < 4.78 is 0. The Kier molecular flexibility index (Phi) is 9.66. The standard InChI is InChI=1S/C33H44N4O2S/c1-4-35-17-19-36(20-18-35)16-15-34-32(38)27-13-11-26(12-14-27)22-31-33(39)37(29-7-5-6-8-30(29)40-31)23-28-21-24(2)9-10-25(28)3/h9-14,21-22,29-30H,4-8,15-20,23H2,1-3H3,(H,34,38)/b31-22+. The van der Waals surface area contributed by atoms with Crippen LogP contribution in [0.3, 0.4) is 0 Å². The van der Waals surface area contributed by atoms with E-state index in [0.29, 0.717) is 29.9 Å². The van der Waals surface area contributed by atoms with Crippen LogP contribution in [0.2, 0.25) is 0 Å². The molecule has 0 aromatic heterocycles. The molecule has 1 saturated carbocycles. The van der Waals surface area contributed by atoms with E-state index in [-0.39, 0.29) is 11.8 Å². The molecular formula is C33H44N4O2S. The van der Waals surface area contributed by atoms with Crippen molar-refractivity contribution in [1.29, 1.82) is 0 Å². The van der Waals surface area contributed by atoms with Gasteiger partial charge in [-0.15, -0.1) is 11.8 Å². The highest BCUT2D eigenvalue weighted by Gasteiger charge is 2.40. The Morgan fingerprint density at radius 2 is 1.73 bits per heavy atom. The third-order valence-corrected chi connectivity index (χ3v) is 10.2. The van der Waals surface area contributed by atoms with E-state index in [1.54, 1.807) is 11.8 Å². The monoisotopic (exact) mass is 560 g/mol. The maximum Gasteiger partial charge on any atom is 0.260 e. The molecule has 0 spiro atoms. The molecule has 3 fully saturated rings. The number of nitrogens with zero attached hydrogens (tertiary/aromatic N) is 3. The third-order valence-electron chi connectivity index (χ3n) is 8.76.